The Morgan fingerprint density at radius 1 is 0.958 bits per heavy atom. The molecule has 0 bridgehead atoms. The van der Waals surface area contributed by atoms with Crippen LogP contribution in [0.1, 0.15) is 37.3 Å². The Kier molecular flexibility index (Phi) is 5.95. The van der Waals surface area contributed by atoms with Gasteiger partial charge in [0.2, 0.25) is 0 Å². The average Bonchev–Trinajstić information content (AvgIpc) is 2.95. The van der Waals surface area contributed by atoms with Crippen molar-refractivity contribution in [2.75, 3.05) is 6.54 Å². The molecule has 0 unspecified atom stereocenters. The molecule has 0 aliphatic carbocycles. The summed E-state index contributed by atoms with van der Waals surface area (Å²) in [5, 5.41) is 5.73. The van der Waals surface area contributed by atoms with Crippen LogP contribution in [0.5, 0.6) is 0 Å². The van der Waals surface area contributed by atoms with Crippen LogP contribution in [0.2, 0.25) is 5.02 Å². The number of unbranched alkanes of at least 4 members (excludes halogenated alkanes) is 2. The summed E-state index contributed by atoms with van der Waals surface area (Å²) < 4.78 is 2.31. The predicted octanol–water partition coefficient (Wildman–Crippen LogP) is 5.62. The molecule has 0 amide bonds. The van der Waals surface area contributed by atoms with Crippen molar-refractivity contribution >= 4 is 22.5 Å². The largest absolute Gasteiger partial charge is 0.343 e. The first kappa shape index (κ1) is 17.1. The number of hydrogen-bond acceptors (Lipinski definition) is 1. The molecule has 1 heterocycles. The van der Waals surface area contributed by atoms with Gasteiger partial charge < -0.3 is 9.88 Å². The van der Waals surface area contributed by atoms with Crippen LogP contribution in [-0.4, -0.2) is 11.1 Å². The summed E-state index contributed by atoms with van der Waals surface area (Å²) in [7, 11) is 0. The normalized spacial score (nSPS) is 11.2. The topological polar surface area (TPSA) is 17.0 Å². The third-order valence-electron chi connectivity index (χ3n) is 4.44. The highest BCUT2D eigenvalue weighted by molar-refractivity contribution is 6.31. The molecule has 0 saturated heterocycles. The highest BCUT2D eigenvalue weighted by Gasteiger charge is 2.09. The molecule has 3 rings (SSSR count). The fourth-order valence-electron chi connectivity index (χ4n) is 3.13. The van der Waals surface area contributed by atoms with Gasteiger partial charge in [0.15, 0.2) is 0 Å². The van der Waals surface area contributed by atoms with E-state index in [-0.39, 0.29) is 0 Å². The van der Waals surface area contributed by atoms with Crippen LogP contribution in [-0.2, 0) is 13.1 Å². The van der Waals surface area contributed by atoms with E-state index in [1.54, 1.807) is 0 Å². The Bertz CT molecular complexity index is 791. The van der Waals surface area contributed by atoms with Crippen molar-refractivity contribution in [2.45, 2.75) is 39.3 Å². The van der Waals surface area contributed by atoms with Crippen molar-refractivity contribution in [3.05, 3.63) is 70.9 Å². The SMILES string of the molecule is CCCCCNCc1cn(Cc2ccccc2Cl)c2ccccc12. The Labute approximate surface area is 149 Å². The summed E-state index contributed by atoms with van der Waals surface area (Å²) >= 11 is 6.34. The number of nitrogens with zero attached hydrogens (tertiary/aromatic N) is 1. The molecule has 2 nitrogen and oxygen atoms in total. The van der Waals surface area contributed by atoms with Crippen LogP contribution in [0, 0.1) is 0 Å². The second kappa shape index (κ2) is 8.36. The summed E-state index contributed by atoms with van der Waals surface area (Å²) in [5.74, 6) is 0. The van der Waals surface area contributed by atoms with Crippen LogP contribution in [0.3, 0.4) is 0 Å². The second-order valence-electron chi connectivity index (χ2n) is 6.27. The first-order chi connectivity index (χ1) is 11.8. The summed E-state index contributed by atoms with van der Waals surface area (Å²) in [6, 6.07) is 16.7. The quantitative estimate of drug-likeness (QED) is 0.526. The summed E-state index contributed by atoms with van der Waals surface area (Å²) in [6.07, 6.45) is 6.07. The standard InChI is InChI=1S/C21H25ClN2/c1-2-3-8-13-23-14-18-16-24(21-12-7-5-10-19(18)21)15-17-9-4-6-11-20(17)22/h4-7,9-12,16,23H,2-3,8,13-15H2,1H3. The van der Waals surface area contributed by atoms with Crippen LogP contribution in [0.4, 0.5) is 0 Å². The van der Waals surface area contributed by atoms with Crippen molar-refractivity contribution in [3.8, 4) is 0 Å². The van der Waals surface area contributed by atoms with Gasteiger partial charge in [-0.25, -0.2) is 0 Å². The first-order valence-corrected chi connectivity index (χ1v) is 9.18. The molecular formula is C21H25ClN2. The maximum Gasteiger partial charge on any atom is 0.0491 e. The van der Waals surface area contributed by atoms with E-state index >= 15 is 0 Å². The van der Waals surface area contributed by atoms with Gasteiger partial charge in [0.25, 0.3) is 0 Å². The molecule has 0 aliphatic heterocycles. The average molecular weight is 341 g/mol. The molecule has 3 aromatic rings. The molecule has 0 fully saturated rings. The minimum absolute atomic E-state index is 0.802. The van der Waals surface area contributed by atoms with Crippen molar-refractivity contribution in [2.24, 2.45) is 0 Å². The van der Waals surface area contributed by atoms with E-state index in [1.807, 2.05) is 18.2 Å². The fourth-order valence-corrected chi connectivity index (χ4v) is 3.32. The molecule has 126 valence electrons. The molecule has 0 aliphatic rings. The van der Waals surface area contributed by atoms with Gasteiger partial charge in [-0.1, -0.05) is 67.8 Å². The van der Waals surface area contributed by atoms with Crippen LogP contribution >= 0.6 is 11.6 Å². The van der Waals surface area contributed by atoms with E-state index in [1.165, 1.54) is 35.7 Å². The van der Waals surface area contributed by atoms with Gasteiger partial charge in [-0.15, -0.1) is 0 Å². The Morgan fingerprint density at radius 2 is 1.75 bits per heavy atom. The highest BCUT2D eigenvalue weighted by atomic mass is 35.5. The third-order valence-corrected chi connectivity index (χ3v) is 4.81. The van der Waals surface area contributed by atoms with Crippen molar-refractivity contribution in [1.29, 1.82) is 0 Å². The lowest BCUT2D eigenvalue weighted by molar-refractivity contribution is 0.617. The van der Waals surface area contributed by atoms with Crippen molar-refractivity contribution < 1.29 is 0 Å². The highest BCUT2D eigenvalue weighted by Crippen LogP contribution is 2.24. The van der Waals surface area contributed by atoms with Gasteiger partial charge in [-0.3, -0.25) is 0 Å². The van der Waals surface area contributed by atoms with E-state index in [0.717, 1.165) is 30.2 Å². The minimum Gasteiger partial charge on any atom is -0.343 e. The molecule has 0 spiro atoms. The lowest BCUT2D eigenvalue weighted by Crippen LogP contribution is -2.14. The van der Waals surface area contributed by atoms with E-state index in [9.17, 15) is 0 Å². The Hall–Kier alpha value is -1.77. The van der Waals surface area contributed by atoms with E-state index in [4.69, 9.17) is 11.6 Å². The summed E-state index contributed by atoms with van der Waals surface area (Å²) in [5.41, 5.74) is 3.78. The van der Waals surface area contributed by atoms with E-state index in [2.05, 4.69) is 53.3 Å². The van der Waals surface area contributed by atoms with Gasteiger partial charge in [0, 0.05) is 35.2 Å². The zero-order valence-electron chi connectivity index (χ0n) is 14.3. The van der Waals surface area contributed by atoms with Crippen LogP contribution < -0.4 is 5.32 Å². The fraction of sp³-hybridized carbons (Fsp3) is 0.333. The number of hydrogen-bond donors (Lipinski definition) is 1. The van der Waals surface area contributed by atoms with Gasteiger partial charge in [0.05, 0.1) is 0 Å². The minimum atomic E-state index is 0.802. The number of fused-ring (bicyclic) bond motifs is 1. The molecule has 1 aromatic heterocycles. The Morgan fingerprint density at radius 3 is 2.58 bits per heavy atom. The predicted molar refractivity (Wildman–Crippen MR) is 104 cm³/mol. The molecular weight excluding hydrogens is 316 g/mol. The molecule has 2 aromatic carbocycles. The number of nitrogens with one attached hydrogen (secondary N) is 1. The second-order valence-corrected chi connectivity index (χ2v) is 6.68. The monoisotopic (exact) mass is 340 g/mol. The molecule has 3 heteroatoms. The van der Waals surface area contributed by atoms with E-state index in [0.29, 0.717) is 0 Å². The molecule has 24 heavy (non-hydrogen) atoms. The smallest absolute Gasteiger partial charge is 0.0491 e. The van der Waals surface area contributed by atoms with Gasteiger partial charge in [0.1, 0.15) is 0 Å². The van der Waals surface area contributed by atoms with Gasteiger partial charge in [-0.05, 0) is 36.2 Å². The van der Waals surface area contributed by atoms with E-state index < -0.39 is 0 Å². The zero-order valence-corrected chi connectivity index (χ0v) is 15.0. The molecule has 0 atom stereocenters. The van der Waals surface area contributed by atoms with Crippen molar-refractivity contribution in [3.63, 3.8) is 0 Å². The first-order valence-electron chi connectivity index (χ1n) is 8.80. The lowest BCUT2D eigenvalue weighted by atomic mass is 10.1. The summed E-state index contributed by atoms with van der Waals surface area (Å²) in [4.78, 5) is 0. The number of halogens is 1. The number of para-hydroxylation sites is 1. The van der Waals surface area contributed by atoms with Crippen molar-refractivity contribution in [1.82, 2.24) is 9.88 Å². The maximum absolute atomic E-state index is 6.34. The van der Waals surface area contributed by atoms with Crippen LogP contribution in [0.25, 0.3) is 10.9 Å². The molecule has 1 N–H and O–H groups in total. The van der Waals surface area contributed by atoms with Crippen LogP contribution in [0.15, 0.2) is 54.7 Å². The number of rotatable bonds is 8. The zero-order chi connectivity index (χ0) is 16.8. The molecule has 0 saturated carbocycles. The van der Waals surface area contributed by atoms with Gasteiger partial charge >= 0.3 is 0 Å². The number of aromatic nitrogens is 1. The Balaban J connectivity index is 1.80. The lowest BCUT2D eigenvalue weighted by Gasteiger charge is -2.07. The maximum atomic E-state index is 6.34. The summed E-state index contributed by atoms with van der Waals surface area (Å²) in [6.45, 7) is 5.04. The van der Waals surface area contributed by atoms with Gasteiger partial charge in [-0.2, -0.15) is 0 Å². The molecule has 0 radical (unpaired) electrons. The third kappa shape index (κ3) is 4.00. The number of benzene rings is 2.